The van der Waals surface area contributed by atoms with Crippen molar-refractivity contribution in [1.82, 2.24) is 4.98 Å². The number of aromatic nitrogens is 1. The highest BCUT2D eigenvalue weighted by Crippen LogP contribution is 2.25. The fraction of sp³-hybridized carbons (Fsp3) is 0.0833. The van der Waals surface area contributed by atoms with Crippen molar-refractivity contribution in [1.29, 1.82) is 0 Å². The average Bonchev–Trinajstić information content (AvgIpc) is 2.35. The van der Waals surface area contributed by atoms with Crippen molar-refractivity contribution in [2.75, 3.05) is 0 Å². The lowest BCUT2D eigenvalue weighted by atomic mass is 10.3. The van der Waals surface area contributed by atoms with Gasteiger partial charge in [0.2, 0.25) is 0 Å². The van der Waals surface area contributed by atoms with Gasteiger partial charge in [-0.15, -0.1) is 11.6 Å². The minimum Gasteiger partial charge on any atom is -0.436 e. The molecule has 0 N–H and O–H groups in total. The van der Waals surface area contributed by atoms with E-state index >= 15 is 0 Å². The van der Waals surface area contributed by atoms with Crippen molar-refractivity contribution in [2.24, 2.45) is 0 Å². The topological polar surface area (TPSA) is 22.1 Å². The Morgan fingerprint density at radius 2 is 1.88 bits per heavy atom. The standard InChI is InChI=1S/C12H8Cl2FNO/c13-7-8-5-6-16-12(11(8)15)17-10-3-1-9(14)2-4-10/h1-6H,7H2. The molecule has 0 saturated heterocycles. The average molecular weight is 272 g/mol. The Balaban J connectivity index is 2.27. The van der Waals surface area contributed by atoms with Crippen LogP contribution in [-0.2, 0) is 5.88 Å². The molecule has 17 heavy (non-hydrogen) atoms. The Hall–Kier alpha value is -1.32. The molecule has 0 atom stereocenters. The molecule has 0 radical (unpaired) electrons. The molecule has 1 heterocycles. The fourth-order valence-corrected chi connectivity index (χ4v) is 1.58. The predicted octanol–water partition coefficient (Wildman–Crippen LogP) is 4.41. The van der Waals surface area contributed by atoms with E-state index in [0.717, 1.165) is 0 Å². The van der Waals surface area contributed by atoms with Gasteiger partial charge in [-0.1, -0.05) is 11.6 Å². The number of hydrogen-bond acceptors (Lipinski definition) is 2. The molecule has 0 spiro atoms. The van der Waals surface area contributed by atoms with Crippen LogP contribution in [0.25, 0.3) is 0 Å². The summed E-state index contributed by atoms with van der Waals surface area (Å²) in [5.74, 6) is -0.0962. The van der Waals surface area contributed by atoms with Gasteiger partial charge < -0.3 is 4.74 Å². The molecule has 88 valence electrons. The summed E-state index contributed by atoms with van der Waals surface area (Å²) in [4.78, 5) is 3.82. The maximum atomic E-state index is 13.7. The number of pyridine rings is 1. The molecule has 0 bridgehead atoms. The lowest BCUT2D eigenvalue weighted by Crippen LogP contribution is -1.95. The molecule has 2 aromatic rings. The molecule has 0 aliphatic rings. The van der Waals surface area contributed by atoms with Crippen molar-refractivity contribution >= 4 is 23.2 Å². The second-order valence-corrected chi connectivity index (χ2v) is 3.98. The van der Waals surface area contributed by atoms with Crippen molar-refractivity contribution in [2.45, 2.75) is 5.88 Å². The predicted molar refractivity (Wildman–Crippen MR) is 65.3 cm³/mol. The maximum Gasteiger partial charge on any atom is 0.256 e. The van der Waals surface area contributed by atoms with E-state index in [4.69, 9.17) is 27.9 Å². The summed E-state index contributed by atoms with van der Waals surface area (Å²) in [6.45, 7) is 0. The zero-order valence-corrected chi connectivity index (χ0v) is 10.2. The summed E-state index contributed by atoms with van der Waals surface area (Å²) < 4.78 is 19.0. The van der Waals surface area contributed by atoms with Crippen LogP contribution in [0.5, 0.6) is 11.6 Å². The largest absolute Gasteiger partial charge is 0.436 e. The third-order valence-corrected chi connectivity index (χ3v) is 2.65. The van der Waals surface area contributed by atoms with Crippen LogP contribution in [0.1, 0.15) is 5.56 Å². The smallest absolute Gasteiger partial charge is 0.256 e. The third kappa shape index (κ3) is 2.87. The van der Waals surface area contributed by atoms with E-state index in [9.17, 15) is 4.39 Å². The van der Waals surface area contributed by atoms with E-state index in [1.165, 1.54) is 12.3 Å². The molecule has 0 aliphatic carbocycles. The molecule has 1 aromatic carbocycles. The summed E-state index contributed by atoms with van der Waals surface area (Å²) in [7, 11) is 0. The van der Waals surface area contributed by atoms with Gasteiger partial charge >= 0.3 is 0 Å². The molecule has 0 amide bonds. The van der Waals surface area contributed by atoms with Crippen molar-refractivity contribution < 1.29 is 9.13 Å². The van der Waals surface area contributed by atoms with Crippen LogP contribution in [0.3, 0.4) is 0 Å². The summed E-state index contributed by atoms with van der Waals surface area (Å²) in [5, 5.41) is 0.584. The highest BCUT2D eigenvalue weighted by atomic mass is 35.5. The number of nitrogens with zero attached hydrogens (tertiary/aromatic N) is 1. The molecular weight excluding hydrogens is 264 g/mol. The number of halogens is 3. The molecule has 0 unspecified atom stereocenters. The Morgan fingerprint density at radius 3 is 2.53 bits per heavy atom. The minimum absolute atomic E-state index is 0.0747. The number of alkyl halides is 1. The SMILES string of the molecule is Fc1c(CCl)ccnc1Oc1ccc(Cl)cc1. The van der Waals surface area contributed by atoms with Crippen molar-refractivity contribution in [3.05, 3.63) is 52.9 Å². The van der Waals surface area contributed by atoms with Crippen molar-refractivity contribution in [3.63, 3.8) is 0 Å². The molecule has 0 aliphatic heterocycles. The van der Waals surface area contributed by atoms with Gasteiger partial charge in [-0.25, -0.2) is 9.37 Å². The molecular formula is C12H8Cl2FNO. The fourth-order valence-electron chi connectivity index (χ4n) is 1.25. The first-order valence-corrected chi connectivity index (χ1v) is 5.74. The highest BCUT2D eigenvalue weighted by Gasteiger charge is 2.10. The quantitative estimate of drug-likeness (QED) is 0.772. The van der Waals surface area contributed by atoms with Crippen LogP contribution in [0, 0.1) is 5.82 Å². The first kappa shape index (κ1) is 12.1. The van der Waals surface area contributed by atoms with Gasteiger partial charge in [-0.3, -0.25) is 0 Å². The third-order valence-electron chi connectivity index (χ3n) is 2.11. The van der Waals surface area contributed by atoms with Gasteiger partial charge in [0.1, 0.15) is 5.75 Å². The second-order valence-electron chi connectivity index (χ2n) is 3.28. The van der Waals surface area contributed by atoms with Crippen LogP contribution in [-0.4, -0.2) is 4.98 Å². The number of rotatable bonds is 3. The van der Waals surface area contributed by atoms with Crippen LogP contribution >= 0.6 is 23.2 Å². The maximum absolute atomic E-state index is 13.7. The van der Waals surface area contributed by atoms with Crippen molar-refractivity contribution in [3.8, 4) is 11.6 Å². The number of hydrogen-bond donors (Lipinski definition) is 0. The van der Waals surface area contributed by atoms with Gasteiger partial charge in [-0.05, 0) is 30.3 Å². The van der Waals surface area contributed by atoms with Gasteiger partial charge in [0, 0.05) is 16.8 Å². The molecule has 5 heteroatoms. The van der Waals surface area contributed by atoms with E-state index in [1.807, 2.05) is 0 Å². The van der Waals surface area contributed by atoms with E-state index in [1.54, 1.807) is 24.3 Å². The highest BCUT2D eigenvalue weighted by molar-refractivity contribution is 6.30. The van der Waals surface area contributed by atoms with Gasteiger partial charge in [0.25, 0.3) is 5.88 Å². The summed E-state index contributed by atoms with van der Waals surface area (Å²) in [5.41, 5.74) is 0.352. The monoisotopic (exact) mass is 271 g/mol. The zero-order valence-electron chi connectivity index (χ0n) is 8.66. The molecule has 0 fully saturated rings. The van der Waals surface area contributed by atoms with Gasteiger partial charge in [0.15, 0.2) is 5.82 Å². The van der Waals surface area contributed by atoms with E-state index < -0.39 is 5.82 Å². The van der Waals surface area contributed by atoms with Crippen LogP contribution < -0.4 is 4.74 Å². The number of ether oxygens (including phenoxy) is 1. The first-order chi connectivity index (χ1) is 8.20. The van der Waals surface area contributed by atoms with Gasteiger partial charge in [0.05, 0.1) is 5.88 Å². The van der Waals surface area contributed by atoms with Crippen LogP contribution in [0.15, 0.2) is 36.5 Å². The molecule has 2 rings (SSSR count). The zero-order chi connectivity index (χ0) is 12.3. The van der Waals surface area contributed by atoms with Gasteiger partial charge in [-0.2, -0.15) is 0 Å². The normalized spacial score (nSPS) is 10.3. The minimum atomic E-state index is -0.544. The molecule has 1 aromatic heterocycles. The molecule has 0 saturated carbocycles. The Labute approximate surface area is 108 Å². The Kier molecular flexibility index (Phi) is 3.82. The Morgan fingerprint density at radius 1 is 1.18 bits per heavy atom. The summed E-state index contributed by atoms with van der Waals surface area (Å²) >= 11 is 11.3. The first-order valence-electron chi connectivity index (χ1n) is 4.83. The van der Waals surface area contributed by atoms with E-state index in [0.29, 0.717) is 16.3 Å². The van der Waals surface area contributed by atoms with Crippen LogP contribution in [0.2, 0.25) is 5.02 Å². The summed E-state index contributed by atoms with van der Waals surface area (Å²) in [6, 6.07) is 8.09. The lowest BCUT2D eigenvalue weighted by Gasteiger charge is -2.07. The lowest BCUT2D eigenvalue weighted by molar-refractivity contribution is 0.420. The number of benzene rings is 1. The summed E-state index contributed by atoms with van der Waals surface area (Å²) in [6.07, 6.45) is 1.45. The van der Waals surface area contributed by atoms with E-state index in [2.05, 4.69) is 4.98 Å². The Bertz CT molecular complexity index is 516. The second kappa shape index (κ2) is 5.34. The van der Waals surface area contributed by atoms with E-state index in [-0.39, 0.29) is 11.8 Å². The van der Waals surface area contributed by atoms with Crippen LogP contribution in [0.4, 0.5) is 4.39 Å². The molecule has 2 nitrogen and oxygen atoms in total.